The van der Waals surface area contributed by atoms with Crippen molar-refractivity contribution in [2.24, 2.45) is 21.8 Å². The summed E-state index contributed by atoms with van der Waals surface area (Å²) >= 11 is 0. The van der Waals surface area contributed by atoms with Gasteiger partial charge in [0, 0.05) is 0 Å². The molecule has 0 N–H and O–H groups in total. The quantitative estimate of drug-likeness (QED) is 0.157. The minimum absolute atomic E-state index is 0.493. The molecule has 2 nitrogen and oxygen atoms in total. The van der Waals surface area contributed by atoms with Gasteiger partial charge < -0.3 is 0 Å². The Hall–Kier alpha value is -1.57. The van der Waals surface area contributed by atoms with Gasteiger partial charge in [0.15, 0.2) is 12.4 Å². The van der Waals surface area contributed by atoms with Gasteiger partial charge in [-0.15, -0.1) is 0 Å². The third-order valence-corrected chi connectivity index (χ3v) is 6.75. The summed E-state index contributed by atoms with van der Waals surface area (Å²) in [5.74, 6) is 1.14. The third kappa shape index (κ3) is 11.0. The first-order valence-corrected chi connectivity index (χ1v) is 13.3. The lowest BCUT2D eigenvalue weighted by Gasteiger charge is -2.25. The van der Waals surface area contributed by atoms with Crippen LogP contribution < -0.4 is 0 Å². The lowest BCUT2D eigenvalue weighted by atomic mass is 9.79. The molecule has 2 unspecified atom stereocenters. The Morgan fingerprint density at radius 2 is 1.19 bits per heavy atom. The molecular weight excluding hydrogens is 376 g/mol. The van der Waals surface area contributed by atoms with Crippen molar-refractivity contribution in [1.29, 1.82) is 0 Å². The van der Waals surface area contributed by atoms with Gasteiger partial charge in [0.1, 0.15) is 0 Å². The van der Waals surface area contributed by atoms with Crippen LogP contribution in [0.25, 0.3) is 0 Å². The van der Waals surface area contributed by atoms with Crippen LogP contribution >= 0.6 is 0 Å². The molecule has 0 radical (unpaired) electrons. The monoisotopic (exact) mass is 423 g/mol. The Bertz CT molecular complexity index is 580. The van der Waals surface area contributed by atoms with Crippen LogP contribution in [-0.4, -0.2) is 12.4 Å². The number of hydrogen-bond donors (Lipinski definition) is 0. The summed E-state index contributed by atoms with van der Waals surface area (Å²) in [6.45, 7) is 4.59. The zero-order chi connectivity index (χ0) is 22.0. The van der Waals surface area contributed by atoms with Crippen LogP contribution in [-0.2, 0) is 6.42 Å². The zero-order valence-corrected chi connectivity index (χ0v) is 20.4. The van der Waals surface area contributed by atoms with Gasteiger partial charge in [0.25, 0.3) is 0 Å². The van der Waals surface area contributed by atoms with Crippen LogP contribution in [0.3, 0.4) is 0 Å². The molecule has 1 aromatic carbocycles. The van der Waals surface area contributed by atoms with Crippen molar-refractivity contribution >= 4 is 12.4 Å². The maximum atomic E-state index is 4.60. The maximum Gasteiger partial charge on any atom is 0.244 e. The minimum Gasteiger partial charge on any atom is -0.0965 e. The molecular formula is C29H47N2+. The highest BCUT2D eigenvalue weighted by Gasteiger charge is 2.34. The first-order chi connectivity index (χ1) is 15.3. The molecule has 0 saturated carbocycles. The summed E-state index contributed by atoms with van der Waals surface area (Å²) in [5, 5.41) is 0. The molecule has 0 aliphatic carbocycles. The third-order valence-electron chi connectivity index (χ3n) is 6.75. The fraction of sp³-hybridized carbons (Fsp3) is 0.690. The van der Waals surface area contributed by atoms with Crippen LogP contribution in [0.1, 0.15) is 116 Å². The smallest absolute Gasteiger partial charge is 0.0965 e. The fourth-order valence-electron chi connectivity index (χ4n) is 4.94. The number of hydrogen-bond acceptors (Lipinski definition) is 2. The molecule has 2 atom stereocenters. The molecule has 1 aromatic rings. The highest BCUT2D eigenvalue weighted by Crippen LogP contribution is 2.36. The Morgan fingerprint density at radius 1 is 0.645 bits per heavy atom. The van der Waals surface area contributed by atoms with Crippen molar-refractivity contribution in [1.82, 2.24) is 0 Å². The van der Waals surface area contributed by atoms with E-state index in [1.807, 2.05) is 12.4 Å². The molecule has 1 heterocycles. The van der Waals surface area contributed by atoms with E-state index >= 15 is 0 Å². The van der Waals surface area contributed by atoms with E-state index in [9.17, 15) is 0 Å². The Balaban J connectivity index is 1.69. The summed E-state index contributed by atoms with van der Waals surface area (Å²) in [7, 11) is 0. The SMILES string of the molecule is CCCCCCCCCCCCCCC(Cc1ccccc1)C(CCC)[C+]1N=CC=N1. The van der Waals surface area contributed by atoms with Gasteiger partial charge in [-0.25, -0.2) is 0 Å². The van der Waals surface area contributed by atoms with Crippen LogP contribution in [0.2, 0.25) is 0 Å². The van der Waals surface area contributed by atoms with E-state index in [2.05, 4.69) is 54.2 Å². The summed E-state index contributed by atoms with van der Waals surface area (Å²) in [4.78, 5) is 9.19. The molecule has 1 aliphatic rings. The van der Waals surface area contributed by atoms with Gasteiger partial charge in [-0.1, -0.05) is 138 Å². The van der Waals surface area contributed by atoms with E-state index in [0.29, 0.717) is 11.8 Å². The molecule has 2 rings (SSSR count). The molecule has 0 spiro atoms. The molecule has 0 amide bonds. The molecule has 0 bridgehead atoms. The average molecular weight is 424 g/mol. The van der Waals surface area contributed by atoms with Crippen molar-refractivity contribution in [2.45, 2.75) is 117 Å². The second-order valence-corrected chi connectivity index (χ2v) is 9.44. The van der Waals surface area contributed by atoms with E-state index < -0.39 is 0 Å². The summed E-state index contributed by atoms with van der Waals surface area (Å²) in [6, 6.07) is 11.0. The van der Waals surface area contributed by atoms with Crippen molar-refractivity contribution in [3.63, 3.8) is 0 Å². The lowest BCUT2D eigenvalue weighted by Crippen LogP contribution is -2.22. The van der Waals surface area contributed by atoms with Crippen LogP contribution in [0.5, 0.6) is 0 Å². The van der Waals surface area contributed by atoms with E-state index in [1.165, 1.54) is 102 Å². The van der Waals surface area contributed by atoms with Crippen LogP contribution in [0, 0.1) is 18.0 Å². The summed E-state index contributed by atoms with van der Waals surface area (Å²) in [5.41, 5.74) is 1.46. The molecule has 0 aromatic heterocycles. The highest BCUT2D eigenvalue weighted by molar-refractivity contribution is 6.18. The van der Waals surface area contributed by atoms with E-state index in [4.69, 9.17) is 0 Å². The molecule has 172 valence electrons. The summed E-state index contributed by atoms with van der Waals surface area (Å²) < 4.78 is 0. The predicted molar refractivity (Wildman–Crippen MR) is 138 cm³/mol. The fourth-order valence-corrected chi connectivity index (χ4v) is 4.94. The van der Waals surface area contributed by atoms with Gasteiger partial charge >= 0.3 is 0 Å². The predicted octanol–water partition coefficient (Wildman–Crippen LogP) is 9.00. The molecule has 2 heteroatoms. The normalized spacial score (nSPS) is 15.0. The van der Waals surface area contributed by atoms with Crippen molar-refractivity contribution in [3.8, 4) is 0 Å². The van der Waals surface area contributed by atoms with E-state index in [-0.39, 0.29) is 0 Å². The zero-order valence-electron chi connectivity index (χ0n) is 20.4. The number of nitrogens with zero attached hydrogens (tertiary/aromatic N) is 2. The van der Waals surface area contributed by atoms with Gasteiger partial charge in [0.05, 0.1) is 5.92 Å². The van der Waals surface area contributed by atoms with E-state index in [1.54, 1.807) is 0 Å². The minimum atomic E-state index is 0.493. The lowest BCUT2D eigenvalue weighted by molar-refractivity contribution is 0.290. The second kappa shape index (κ2) is 17.0. The first kappa shape index (κ1) is 25.7. The number of unbranched alkanes of at least 4 members (excludes halogenated alkanes) is 11. The largest absolute Gasteiger partial charge is 0.244 e. The first-order valence-electron chi connectivity index (χ1n) is 13.3. The van der Waals surface area contributed by atoms with Gasteiger partial charge in [-0.05, 0) is 30.7 Å². The topological polar surface area (TPSA) is 24.7 Å². The second-order valence-electron chi connectivity index (χ2n) is 9.44. The highest BCUT2D eigenvalue weighted by atomic mass is 15.0. The van der Waals surface area contributed by atoms with E-state index in [0.717, 1.165) is 12.6 Å². The number of rotatable bonds is 19. The molecule has 0 saturated heterocycles. The summed E-state index contributed by atoms with van der Waals surface area (Å²) in [6.07, 6.45) is 26.6. The molecule has 0 fully saturated rings. The Kier molecular flexibility index (Phi) is 14.1. The number of aliphatic imine (C=N–C) groups is 2. The standard InChI is InChI=1S/C29H47N2/c1-3-5-6-7-8-9-10-11-12-13-14-18-22-27(25-26-20-16-15-17-21-26)28(19-4-2)29-30-23-24-31-29/h15-17,20-21,23-24,27-28H,3-14,18-19,22,25H2,1-2H3/q+1. The van der Waals surface area contributed by atoms with Crippen LogP contribution in [0.4, 0.5) is 0 Å². The average Bonchev–Trinajstić information content (AvgIpc) is 3.33. The number of benzene rings is 1. The van der Waals surface area contributed by atoms with Crippen molar-refractivity contribution in [2.75, 3.05) is 0 Å². The van der Waals surface area contributed by atoms with Gasteiger partial charge in [-0.3, -0.25) is 0 Å². The van der Waals surface area contributed by atoms with Gasteiger partial charge in [0.2, 0.25) is 6.17 Å². The Morgan fingerprint density at radius 3 is 1.74 bits per heavy atom. The Labute approximate surface area is 193 Å². The maximum absolute atomic E-state index is 4.60. The van der Waals surface area contributed by atoms with Crippen molar-refractivity contribution < 1.29 is 0 Å². The van der Waals surface area contributed by atoms with Crippen molar-refractivity contribution in [3.05, 3.63) is 42.1 Å². The molecule has 31 heavy (non-hydrogen) atoms. The van der Waals surface area contributed by atoms with Crippen LogP contribution in [0.15, 0.2) is 40.3 Å². The molecule has 1 aliphatic heterocycles. The van der Waals surface area contributed by atoms with Gasteiger partial charge in [-0.2, -0.15) is 0 Å².